The van der Waals surface area contributed by atoms with Crippen molar-refractivity contribution < 1.29 is 9.18 Å². The second-order valence-electron chi connectivity index (χ2n) is 6.48. The Morgan fingerprint density at radius 2 is 1.92 bits per heavy atom. The molecule has 0 atom stereocenters. The fourth-order valence-corrected chi connectivity index (χ4v) is 2.36. The number of pyridine rings is 1. The molecule has 0 aliphatic rings. The summed E-state index contributed by atoms with van der Waals surface area (Å²) >= 11 is 6.23. The molecule has 0 saturated carbocycles. The lowest BCUT2D eigenvalue weighted by atomic mass is 9.96. The quantitative estimate of drug-likeness (QED) is 0.686. The highest BCUT2D eigenvalue weighted by molar-refractivity contribution is 6.32. The summed E-state index contributed by atoms with van der Waals surface area (Å²) in [5.41, 5.74) is 1.05. The normalized spacial score (nSPS) is 11.7. The van der Waals surface area contributed by atoms with Gasteiger partial charge < -0.3 is 5.32 Å². The molecule has 0 bridgehead atoms. The zero-order chi connectivity index (χ0) is 17.5. The van der Waals surface area contributed by atoms with Crippen LogP contribution in [0.25, 0.3) is 11.0 Å². The highest BCUT2D eigenvalue weighted by Crippen LogP contribution is 2.29. The predicted molar refractivity (Wildman–Crippen MR) is 92.3 cm³/mol. The number of aromatic nitrogens is 3. The summed E-state index contributed by atoms with van der Waals surface area (Å²) in [5.74, 6) is -0.484. The fourth-order valence-electron chi connectivity index (χ4n) is 2.18. The molecular weight excluding hydrogens is 331 g/mol. The average molecular weight is 347 g/mol. The van der Waals surface area contributed by atoms with E-state index in [-0.39, 0.29) is 16.9 Å². The second-order valence-corrected chi connectivity index (χ2v) is 6.84. The van der Waals surface area contributed by atoms with Gasteiger partial charge in [-0.15, -0.1) is 0 Å². The van der Waals surface area contributed by atoms with Gasteiger partial charge in [0.05, 0.1) is 11.9 Å². The molecule has 124 valence electrons. The van der Waals surface area contributed by atoms with Crippen LogP contribution in [-0.2, 0) is 0 Å². The maximum absolute atomic E-state index is 13.0. The Balaban J connectivity index is 2.00. The molecule has 1 aromatic carbocycles. The lowest BCUT2D eigenvalue weighted by molar-refractivity contribution is 0.0754. The first-order chi connectivity index (χ1) is 11.3. The van der Waals surface area contributed by atoms with Gasteiger partial charge in [-0.25, -0.2) is 9.37 Å². The lowest BCUT2D eigenvalue weighted by Crippen LogP contribution is -2.27. The number of benzene rings is 1. The zero-order valence-corrected chi connectivity index (χ0v) is 14.2. The Morgan fingerprint density at radius 3 is 2.54 bits per heavy atom. The lowest BCUT2D eigenvalue weighted by Gasteiger charge is -2.16. The van der Waals surface area contributed by atoms with E-state index in [1.807, 2.05) is 20.8 Å². The van der Waals surface area contributed by atoms with Crippen LogP contribution in [-0.4, -0.2) is 20.7 Å². The van der Waals surface area contributed by atoms with Crippen molar-refractivity contribution in [2.75, 3.05) is 5.32 Å². The summed E-state index contributed by atoms with van der Waals surface area (Å²) in [6.07, 6.45) is 1.57. The Labute approximate surface area is 143 Å². The number of anilines is 2. The van der Waals surface area contributed by atoms with E-state index < -0.39 is 5.41 Å². The minimum absolute atomic E-state index is 0.166. The third-order valence-electron chi connectivity index (χ3n) is 3.45. The number of nitrogens with zero attached hydrogens (tertiary/aromatic N) is 3. The standard InChI is InChI=1S/C17H16ClFN4O/c1-17(2,3)16(24)23-15-10(9-20-23)8-13(14(18)22-15)21-12-6-4-11(19)5-7-12/h4-9,21H,1-3H3. The second kappa shape index (κ2) is 5.87. The summed E-state index contributed by atoms with van der Waals surface area (Å²) < 4.78 is 14.2. The van der Waals surface area contributed by atoms with Crippen LogP contribution >= 0.6 is 11.6 Å². The van der Waals surface area contributed by atoms with E-state index in [1.54, 1.807) is 24.4 Å². The van der Waals surface area contributed by atoms with Crippen molar-refractivity contribution in [3.05, 3.63) is 47.5 Å². The van der Waals surface area contributed by atoms with E-state index in [9.17, 15) is 9.18 Å². The highest BCUT2D eigenvalue weighted by atomic mass is 35.5. The third kappa shape index (κ3) is 3.10. The monoisotopic (exact) mass is 346 g/mol. The average Bonchev–Trinajstić information content (AvgIpc) is 2.90. The maximum atomic E-state index is 13.0. The molecule has 0 aliphatic heterocycles. The van der Waals surface area contributed by atoms with Crippen molar-refractivity contribution in [3.8, 4) is 0 Å². The number of rotatable bonds is 2. The van der Waals surface area contributed by atoms with E-state index in [1.165, 1.54) is 16.8 Å². The first-order valence-corrected chi connectivity index (χ1v) is 7.75. The molecule has 2 heterocycles. The molecule has 0 amide bonds. The molecule has 0 saturated heterocycles. The van der Waals surface area contributed by atoms with Crippen LogP contribution < -0.4 is 5.32 Å². The number of fused-ring (bicyclic) bond motifs is 1. The van der Waals surface area contributed by atoms with Gasteiger partial charge in [0.1, 0.15) is 5.82 Å². The number of hydrogen-bond donors (Lipinski definition) is 1. The first kappa shape index (κ1) is 16.4. The third-order valence-corrected chi connectivity index (χ3v) is 3.74. The van der Waals surface area contributed by atoms with Crippen LogP contribution in [0.4, 0.5) is 15.8 Å². The molecule has 3 aromatic rings. The SMILES string of the molecule is CC(C)(C)C(=O)n1ncc2cc(Nc3ccc(F)cc3)c(Cl)nc21. The van der Waals surface area contributed by atoms with Gasteiger partial charge in [-0.3, -0.25) is 4.79 Å². The van der Waals surface area contributed by atoms with Crippen molar-refractivity contribution in [2.45, 2.75) is 20.8 Å². The van der Waals surface area contributed by atoms with Crippen molar-refractivity contribution >= 4 is 39.9 Å². The summed E-state index contributed by atoms with van der Waals surface area (Å²) in [5, 5.41) is 8.09. The van der Waals surface area contributed by atoms with Gasteiger partial charge >= 0.3 is 0 Å². The van der Waals surface area contributed by atoms with Gasteiger partial charge in [0.2, 0.25) is 0 Å². The minimum Gasteiger partial charge on any atom is -0.353 e. The van der Waals surface area contributed by atoms with E-state index in [0.717, 1.165) is 0 Å². The molecule has 0 fully saturated rings. The molecule has 0 aliphatic carbocycles. The summed E-state index contributed by atoms with van der Waals surface area (Å²) in [7, 11) is 0. The number of nitrogens with one attached hydrogen (secondary N) is 1. The molecule has 3 rings (SSSR count). The van der Waals surface area contributed by atoms with E-state index in [4.69, 9.17) is 11.6 Å². The molecule has 24 heavy (non-hydrogen) atoms. The summed E-state index contributed by atoms with van der Waals surface area (Å²) in [6.45, 7) is 5.44. The largest absolute Gasteiger partial charge is 0.353 e. The summed E-state index contributed by atoms with van der Waals surface area (Å²) in [6, 6.07) is 7.66. The van der Waals surface area contributed by atoms with Crippen LogP contribution in [0.5, 0.6) is 0 Å². The van der Waals surface area contributed by atoms with E-state index in [2.05, 4.69) is 15.4 Å². The topological polar surface area (TPSA) is 59.8 Å². The van der Waals surface area contributed by atoms with Gasteiger partial charge in [-0.05, 0) is 30.3 Å². The van der Waals surface area contributed by atoms with Crippen molar-refractivity contribution in [3.63, 3.8) is 0 Å². The number of halogens is 2. The molecule has 0 spiro atoms. The fraction of sp³-hybridized carbons (Fsp3) is 0.235. The number of carbonyl (C=O) groups is 1. The van der Waals surface area contributed by atoms with Gasteiger partial charge in [0.15, 0.2) is 10.8 Å². The van der Waals surface area contributed by atoms with Crippen molar-refractivity contribution in [1.29, 1.82) is 0 Å². The smallest absolute Gasteiger partial charge is 0.254 e. The molecule has 7 heteroatoms. The van der Waals surface area contributed by atoms with Crippen molar-refractivity contribution in [1.82, 2.24) is 14.8 Å². The Kier molecular flexibility index (Phi) is 4.01. The van der Waals surface area contributed by atoms with Gasteiger partial charge in [-0.2, -0.15) is 9.78 Å². The van der Waals surface area contributed by atoms with Crippen LogP contribution in [0.15, 0.2) is 36.5 Å². The van der Waals surface area contributed by atoms with Crippen LogP contribution in [0.3, 0.4) is 0 Å². The number of hydrogen-bond acceptors (Lipinski definition) is 4. The first-order valence-electron chi connectivity index (χ1n) is 7.37. The molecular formula is C17H16ClFN4O. The maximum Gasteiger partial charge on any atom is 0.254 e. The highest BCUT2D eigenvalue weighted by Gasteiger charge is 2.26. The van der Waals surface area contributed by atoms with Crippen LogP contribution in [0.2, 0.25) is 5.15 Å². The Bertz CT molecular complexity index is 913. The zero-order valence-electron chi connectivity index (χ0n) is 13.5. The molecule has 1 N–H and O–H groups in total. The minimum atomic E-state index is -0.585. The van der Waals surface area contributed by atoms with E-state index >= 15 is 0 Å². The van der Waals surface area contributed by atoms with Crippen LogP contribution in [0, 0.1) is 11.2 Å². The Hall–Kier alpha value is -2.47. The van der Waals surface area contributed by atoms with Crippen LogP contribution in [0.1, 0.15) is 25.6 Å². The van der Waals surface area contributed by atoms with Gasteiger partial charge in [-0.1, -0.05) is 32.4 Å². The summed E-state index contributed by atoms with van der Waals surface area (Å²) in [4.78, 5) is 16.7. The van der Waals surface area contributed by atoms with E-state index in [0.29, 0.717) is 22.4 Å². The molecule has 2 aromatic heterocycles. The van der Waals surface area contributed by atoms with Gasteiger partial charge in [0.25, 0.3) is 5.91 Å². The predicted octanol–water partition coefficient (Wildman–Crippen LogP) is 4.65. The molecule has 5 nitrogen and oxygen atoms in total. The molecule has 0 unspecified atom stereocenters. The number of carbonyl (C=O) groups excluding carboxylic acids is 1. The Morgan fingerprint density at radius 1 is 1.25 bits per heavy atom. The van der Waals surface area contributed by atoms with Crippen molar-refractivity contribution in [2.24, 2.45) is 5.41 Å². The van der Waals surface area contributed by atoms with Gasteiger partial charge in [0, 0.05) is 16.5 Å². The molecule has 0 radical (unpaired) electrons.